The van der Waals surface area contributed by atoms with Crippen LogP contribution in [0.2, 0.25) is 5.02 Å². The Kier molecular flexibility index (Phi) is 4.65. The Labute approximate surface area is 104 Å². The highest BCUT2D eigenvalue weighted by Crippen LogP contribution is 2.25. The van der Waals surface area contributed by atoms with Gasteiger partial charge < -0.3 is 10.8 Å². The molecule has 0 fully saturated rings. The van der Waals surface area contributed by atoms with Gasteiger partial charge in [0.25, 0.3) is 0 Å². The summed E-state index contributed by atoms with van der Waals surface area (Å²) in [5, 5.41) is 9.79. The molecule has 1 rings (SSSR count). The van der Waals surface area contributed by atoms with Crippen LogP contribution in [0.5, 0.6) is 0 Å². The number of nitrogens with two attached hydrogens (primary N) is 1. The second-order valence-corrected chi connectivity index (χ2v) is 4.95. The van der Waals surface area contributed by atoms with Gasteiger partial charge in [-0.15, -0.1) is 0 Å². The normalized spacial score (nSPS) is 14.4. The number of carboxylic acids is 1. The summed E-state index contributed by atoms with van der Waals surface area (Å²) >= 11 is 7.33. The summed E-state index contributed by atoms with van der Waals surface area (Å²) in [7, 11) is 0. The molecule has 1 aromatic carbocycles. The predicted molar refractivity (Wildman–Crippen MR) is 68.0 cm³/mol. The summed E-state index contributed by atoms with van der Waals surface area (Å²) < 4.78 is 0. The molecule has 0 radical (unpaired) electrons. The molecular formula is C11H14ClNO2S. The van der Waals surface area contributed by atoms with Crippen molar-refractivity contribution in [1.29, 1.82) is 0 Å². The number of hydrogen-bond acceptors (Lipinski definition) is 3. The van der Waals surface area contributed by atoms with Gasteiger partial charge in [0.2, 0.25) is 0 Å². The first-order valence-electron chi connectivity index (χ1n) is 4.78. The number of aliphatic carboxylic acids is 1. The van der Waals surface area contributed by atoms with E-state index in [2.05, 4.69) is 0 Å². The smallest absolute Gasteiger partial charge is 0.328 e. The first-order valence-corrected chi connectivity index (χ1v) is 6.55. The Morgan fingerprint density at radius 3 is 2.50 bits per heavy atom. The third-order valence-corrected chi connectivity index (χ3v) is 3.31. The predicted octanol–water partition coefficient (Wildman–Crippen LogP) is 2.33. The molecule has 0 bridgehead atoms. The summed E-state index contributed by atoms with van der Waals surface area (Å²) in [6.07, 6.45) is 2.31. The zero-order chi connectivity index (χ0) is 12.2. The van der Waals surface area contributed by atoms with Crippen LogP contribution in [-0.4, -0.2) is 23.1 Å². The van der Waals surface area contributed by atoms with Crippen LogP contribution in [0.25, 0.3) is 0 Å². The number of thioether (sulfide) groups is 1. The van der Waals surface area contributed by atoms with E-state index in [1.54, 1.807) is 36.0 Å². The van der Waals surface area contributed by atoms with Crippen LogP contribution in [0, 0.1) is 0 Å². The van der Waals surface area contributed by atoms with Crippen molar-refractivity contribution < 1.29 is 9.90 Å². The van der Waals surface area contributed by atoms with Crippen LogP contribution in [0.1, 0.15) is 12.0 Å². The maximum atomic E-state index is 11.2. The highest BCUT2D eigenvalue weighted by Gasteiger charge is 2.35. The molecule has 0 aromatic heterocycles. The Morgan fingerprint density at radius 1 is 1.50 bits per heavy atom. The van der Waals surface area contributed by atoms with E-state index >= 15 is 0 Å². The molecule has 0 saturated carbocycles. The molecule has 0 aliphatic rings. The molecule has 16 heavy (non-hydrogen) atoms. The molecule has 3 N–H and O–H groups in total. The third-order valence-electron chi connectivity index (χ3n) is 2.44. The third kappa shape index (κ3) is 2.90. The molecule has 0 unspecified atom stereocenters. The molecule has 0 aliphatic carbocycles. The molecule has 88 valence electrons. The van der Waals surface area contributed by atoms with E-state index in [0.29, 0.717) is 22.8 Å². The highest BCUT2D eigenvalue weighted by atomic mass is 35.5. The van der Waals surface area contributed by atoms with Gasteiger partial charge in [0.1, 0.15) is 5.54 Å². The molecule has 3 nitrogen and oxygen atoms in total. The van der Waals surface area contributed by atoms with Crippen LogP contribution >= 0.6 is 23.4 Å². The lowest BCUT2D eigenvalue weighted by atomic mass is 9.88. The van der Waals surface area contributed by atoms with E-state index in [1.165, 1.54) is 0 Å². The first kappa shape index (κ1) is 13.4. The van der Waals surface area contributed by atoms with E-state index in [4.69, 9.17) is 17.3 Å². The van der Waals surface area contributed by atoms with Gasteiger partial charge in [-0.05, 0) is 36.1 Å². The number of halogens is 1. The van der Waals surface area contributed by atoms with Crippen molar-refractivity contribution in [2.24, 2.45) is 5.73 Å². The van der Waals surface area contributed by atoms with Gasteiger partial charge in [0.05, 0.1) is 0 Å². The second-order valence-electron chi connectivity index (χ2n) is 3.53. The number of hydrogen-bond donors (Lipinski definition) is 2. The minimum Gasteiger partial charge on any atom is -0.480 e. The summed E-state index contributed by atoms with van der Waals surface area (Å²) in [6, 6.07) is 6.63. The Hall–Kier alpha value is -0.710. The number of benzene rings is 1. The average Bonchev–Trinajstić information content (AvgIpc) is 2.26. The molecule has 0 heterocycles. The van der Waals surface area contributed by atoms with E-state index in [1.807, 2.05) is 6.26 Å². The topological polar surface area (TPSA) is 63.3 Å². The fourth-order valence-electron chi connectivity index (χ4n) is 1.39. The van der Waals surface area contributed by atoms with Gasteiger partial charge in [-0.3, -0.25) is 0 Å². The summed E-state index contributed by atoms with van der Waals surface area (Å²) in [5.41, 5.74) is 5.20. The largest absolute Gasteiger partial charge is 0.480 e. The fraction of sp³-hybridized carbons (Fsp3) is 0.364. The summed E-state index contributed by atoms with van der Waals surface area (Å²) in [4.78, 5) is 11.2. The molecule has 0 spiro atoms. The van der Waals surface area contributed by atoms with Gasteiger partial charge in [-0.2, -0.15) is 11.8 Å². The lowest BCUT2D eigenvalue weighted by Gasteiger charge is -2.24. The lowest BCUT2D eigenvalue weighted by Crippen LogP contribution is -2.45. The molecule has 5 heteroatoms. The molecule has 0 amide bonds. The zero-order valence-electron chi connectivity index (χ0n) is 8.94. The zero-order valence-corrected chi connectivity index (χ0v) is 10.5. The molecular weight excluding hydrogens is 246 g/mol. The van der Waals surface area contributed by atoms with Crippen molar-refractivity contribution in [2.45, 2.75) is 12.0 Å². The quantitative estimate of drug-likeness (QED) is 0.852. The van der Waals surface area contributed by atoms with Crippen molar-refractivity contribution in [2.75, 3.05) is 12.0 Å². The highest BCUT2D eigenvalue weighted by molar-refractivity contribution is 7.98. The van der Waals surface area contributed by atoms with Crippen molar-refractivity contribution in [3.63, 3.8) is 0 Å². The van der Waals surface area contributed by atoms with Crippen LogP contribution in [-0.2, 0) is 10.3 Å². The Bertz CT molecular complexity index is 369. The standard InChI is InChI=1S/C11H14ClNO2S/c1-16-7-6-11(13,10(14)15)8-2-4-9(12)5-3-8/h2-5H,6-7,13H2,1H3,(H,14,15)/t11-/m1/s1. The van der Waals surface area contributed by atoms with E-state index in [-0.39, 0.29) is 0 Å². The van der Waals surface area contributed by atoms with E-state index < -0.39 is 11.5 Å². The Morgan fingerprint density at radius 2 is 2.06 bits per heavy atom. The fourth-order valence-corrected chi connectivity index (χ4v) is 2.04. The van der Waals surface area contributed by atoms with Crippen LogP contribution in [0.3, 0.4) is 0 Å². The average molecular weight is 260 g/mol. The molecule has 1 aromatic rings. The van der Waals surface area contributed by atoms with E-state index in [9.17, 15) is 9.90 Å². The maximum Gasteiger partial charge on any atom is 0.328 e. The van der Waals surface area contributed by atoms with Gasteiger partial charge in [0, 0.05) is 5.02 Å². The first-order chi connectivity index (χ1) is 7.50. The SMILES string of the molecule is CSCC[C@](N)(C(=O)O)c1ccc(Cl)cc1. The van der Waals surface area contributed by atoms with Gasteiger partial charge in [-0.1, -0.05) is 23.7 Å². The Balaban J connectivity index is 3.01. The molecule has 1 atom stereocenters. The van der Waals surface area contributed by atoms with Crippen molar-refractivity contribution in [3.8, 4) is 0 Å². The van der Waals surface area contributed by atoms with Gasteiger partial charge in [-0.25, -0.2) is 4.79 Å². The minimum atomic E-state index is -1.33. The van der Waals surface area contributed by atoms with Crippen LogP contribution < -0.4 is 5.73 Å². The maximum absolute atomic E-state index is 11.2. The summed E-state index contributed by atoms with van der Waals surface area (Å²) in [6.45, 7) is 0. The minimum absolute atomic E-state index is 0.394. The molecule has 0 saturated heterocycles. The van der Waals surface area contributed by atoms with Crippen LogP contribution in [0.15, 0.2) is 24.3 Å². The van der Waals surface area contributed by atoms with E-state index in [0.717, 1.165) is 0 Å². The second kappa shape index (κ2) is 5.57. The number of rotatable bonds is 5. The van der Waals surface area contributed by atoms with Gasteiger partial charge in [0.15, 0.2) is 0 Å². The van der Waals surface area contributed by atoms with Crippen molar-refractivity contribution in [1.82, 2.24) is 0 Å². The van der Waals surface area contributed by atoms with Crippen molar-refractivity contribution in [3.05, 3.63) is 34.9 Å². The molecule has 0 aliphatic heterocycles. The van der Waals surface area contributed by atoms with Gasteiger partial charge >= 0.3 is 5.97 Å². The number of carbonyl (C=O) groups is 1. The summed E-state index contributed by atoms with van der Waals surface area (Å²) in [5.74, 6) is -0.310. The number of carboxylic acid groups (broad SMARTS) is 1. The van der Waals surface area contributed by atoms with Crippen molar-refractivity contribution >= 4 is 29.3 Å². The lowest BCUT2D eigenvalue weighted by molar-refractivity contribution is -0.143. The van der Waals surface area contributed by atoms with Crippen LogP contribution in [0.4, 0.5) is 0 Å². The monoisotopic (exact) mass is 259 g/mol.